The average molecular weight is 422 g/mol. The summed E-state index contributed by atoms with van der Waals surface area (Å²) in [5, 5.41) is 4.69. The van der Waals surface area contributed by atoms with E-state index in [1.165, 1.54) is 0 Å². The van der Waals surface area contributed by atoms with Gasteiger partial charge in [0.05, 0.1) is 21.3 Å². The standard InChI is InChI=1S/C20H24ClN3O3S/c1-25-17-12-15(13-18(26-2)19(17)27-3)22-20(28)24-9-7-23(8-10-24)16-6-4-5-14(21)11-16/h4-6,11-13H,7-10H2,1-3H3,(H,22,28). The average Bonchev–Trinajstić information content (AvgIpc) is 2.73. The molecule has 8 heteroatoms. The summed E-state index contributed by atoms with van der Waals surface area (Å²) in [6.45, 7) is 3.39. The highest BCUT2D eigenvalue weighted by Gasteiger charge is 2.20. The Labute approximate surface area is 175 Å². The molecule has 3 rings (SSSR count). The van der Waals surface area contributed by atoms with Crippen molar-refractivity contribution in [2.75, 3.05) is 57.7 Å². The summed E-state index contributed by atoms with van der Waals surface area (Å²) in [7, 11) is 4.76. The number of methoxy groups -OCH3 is 3. The fourth-order valence-electron chi connectivity index (χ4n) is 3.20. The molecule has 1 N–H and O–H groups in total. The third-order valence-electron chi connectivity index (χ3n) is 4.66. The first-order valence-electron chi connectivity index (χ1n) is 8.92. The topological polar surface area (TPSA) is 46.2 Å². The van der Waals surface area contributed by atoms with Gasteiger partial charge in [-0.3, -0.25) is 0 Å². The van der Waals surface area contributed by atoms with Crippen LogP contribution < -0.4 is 24.4 Å². The van der Waals surface area contributed by atoms with Crippen LogP contribution >= 0.6 is 23.8 Å². The second-order valence-electron chi connectivity index (χ2n) is 6.30. The third-order valence-corrected chi connectivity index (χ3v) is 5.25. The van der Waals surface area contributed by atoms with E-state index in [1.54, 1.807) is 21.3 Å². The molecule has 150 valence electrons. The van der Waals surface area contributed by atoms with Gasteiger partial charge in [0.15, 0.2) is 16.6 Å². The lowest BCUT2D eigenvalue weighted by molar-refractivity contribution is 0.324. The van der Waals surface area contributed by atoms with Gasteiger partial charge in [0, 0.05) is 54.7 Å². The number of nitrogens with zero attached hydrogens (tertiary/aromatic N) is 2. The molecule has 1 heterocycles. The lowest BCUT2D eigenvalue weighted by atomic mass is 10.2. The monoisotopic (exact) mass is 421 g/mol. The molecule has 1 saturated heterocycles. The summed E-state index contributed by atoms with van der Waals surface area (Å²) < 4.78 is 16.2. The number of rotatable bonds is 5. The van der Waals surface area contributed by atoms with Gasteiger partial charge in [-0.05, 0) is 30.4 Å². The summed E-state index contributed by atoms with van der Waals surface area (Å²) in [5.74, 6) is 1.72. The molecule has 0 radical (unpaired) electrons. The third kappa shape index (κ3) is 4.54. The summed E-state index contributed by atoms with van der Waals surface area (Å²) in [5.41, 5.74) is 1.92. The zero-order valence-electron chi connectivity index (χ0n) is 16.2. The van der Waals surface area contributed by atoms with E-state index in [1.807, 2.05) is 30.3 Å². The number of benzene rings is 2. The number of thiocarbonyl (C=S) groups is 1. The lowest BCUT2D eigenvalue weighted by Crippen LogP contribution is -2.50. The molecule has 1 aliphatic heterocycles. The number of anilines is 2. The largest absolute Gasteiger partial charge is 0.493 e. The predicted molar refractivity (Wildman–Crippen MR) is 118 cm³/mol. The number of hydrogen-bond acceptors (Lipinski definition) is 5. The quantitative estimate of drug-likeness (QED) is 0.735. The van der Waals surface area contributed by atoms with Crippen LogP contribution in [0.2, 0.25) is 5.02 Å². The van der Waals surface area contributed by atoms with Gasteiger partial charge in [-0.2, -0.15) is 0 Å². The first kappa shape index (κ1) is 20.4. The minimum atomic E-state index is 0.552. The normalized spacial score (nSPS) is 13.9. The van der Waals surface area contributed by atoms with Crippen LogP contribution in [0.15, 0.2) is 36.4 Å². The Morgan fingerprint density at radius 1 is 0.964 bits per heavy atom. The molecule has 2 aromatic rings. The first-order valence-corrected chi connectivity index (χ1v) is 9.70. The Hall–Kier alpha value is -2.38. The number of piperazine rings is 1. The fraction of sp³-hybridized carbons (Fsp3) is 0.350. The second-order valence-corrected chi connectivity index (χ2v) is 7.12. The zero-order valence-corrected chi connectivity index (χ0v) is 17.8. The number of hydrogen-bond donors (Lipinski definition) is 1. The van der Waals surface area contributed by atoms with Crippen LogP contribution in [0.5, 0.6) is 17.2 Å². The van der Waals surface area contributed by atoms with Gasteiger partial charge in [0.25, 0.3) is 0 Å². The molecular formula is C20H24ClN3O3S. The Balaban J connectivity index is 1.64. The minimum absolute atomic E-state index is 0.552. The number of halogens is 1. The summed E-state index contributed by atoms with van der Waals surface area (Å²) >= 11 is 11.7. The molecule has 0 amide bonds. The summed E-state index contributed by atoms with van der Waals surface area (Å²) in [4.78, 5) is 4.46. The van der Waals surface area contributed by atoms with Crippen molar-refractivity contribution < 1.29 is 14.2 Å². The van der Waals surface area contributed by atoms with E-state index in [-0.39, 0.29) is 0 Å². The van der Waals surface area contributed by atoms with Crippen LogP contribution in [0.3, 0.4) is 0 Å². The Bertz CT molecular complexity index is 816. The van der Waals surface area contributed by atoms with Crippen LogP contribution in [0.4, 0.5) is 11.4 Å². The van der Waals surface area contributed by atoms with Gasteiger partial charge in [-0.25, -0.2) is 0 Å². The Morgan fingerprint density at radius 3 is 2.14 bits per heavy atom. The first-order chi connectivity index (χ1) is 13.5. The zero-order chi connectivity index (χ0) is 20.1. The molecule has 1 aliphatic rings. The molecule has 0 bridgehead atoms. The predicted octanol–water partition coefficient (Wildman–Crippen LogP) is 3.88. The maximum atomic E-state index is 6.11. The molecule has 0 saturated carbocycles. The van der Waals surface area contributed by atoms with Gasteiger partial charge in [0.2, 0.25) is 5.75 Å². The van der Waals surface area contributed by atoms with E-state index in [9.17, 15) is 0 Å². The Morgan fingerprint density at radius 2 is 1.61 bits per heavy atom. The van der Waals surface area contributed by atoms with Crippen molar-refractivity contribution in [3.63, 3.8) is 0 Å². The van der Waals surface area contributed by atoms with Crippen molar-refractivity contribution in [3.05, 3.63) is 41.4 Å². The van der Waals surface area contributed by atoms with Crippen molar-refractivity contribution in [1.82, 2.24) is 4.90 Å². The van der Waals surface area contributed by atoms with E-state index in [0.717, 1.165) is 42.6 Å². The minimum Gasteiger partial charge on any atom is -0.493 e. The van der Waals surface area contributed by atoms with Crippen LogP contribution in [0.1, 0.15) is 0 Å². The van der Waals surface area contributed by atoms with Crippen molar-refractivity contribution >= 4 is 40.3 Å². The summed E-state index contributed by atoms with van der Waals surface area (Å²) in [6.07, 6.45) is 0. The van der Waals surface area contributed by atoms with Crippen LogP contribution in [0.25, 0.3) is 0 Å². The van der Waals surface area contributed by atoms with Crippen LogP contribution in [-0.4, -0.2) is 57.5 Å². The highest BCUT2D eigenvalue weighted by atomic mass is 35.5. The van der Waals surface area contributed by atoms with Crippen LogP contribution in [-0.2, 0) is 0 Å². The molecular weight excluding hydrogens is 398 g/mol. The molecule has 2 aromatic carbocycles. The van der Waals surface area contributed by atoms with Crippen molar-refractivity contribution in [2.45, 2.75) is 0 Å². The lowest BCUT2D eigenvalue weighted by Gasteiger charge is -2.37. The SMILES string of the molecule is COc1cc(NC(=S)N2CCN(c3cccc(Cl)c3)CC2)cc(OC)c1OC. The molecule has 1 fully saturated rings. The maximum absolute atomic E-state index is 6.11. The number of nitrogens with one attached hydrogen (secondary N) is 1. The molecule has 0 spiro atoms. The van der Waals surface area contributed by atoms with Gasteiger partial charge in [-0.15, -0.1) is 0 Å². The van der Waals surface area contributed by atoms with Gasteiger partial charge in [0.1, 0.15) is 0 Å². The van der Waals surface area contributed by atoms with E-state index >= 15 is 0 Å². The number of ether oxygens (including phenoxy) is 3. The molecule has 28 heavy (non-hydrogen) atoms. The highest BCUT2D eigenvalue weighted by Crippen LogP contribution is 2.40. The van der Waals surface area contributed by atoms with E-state index < -0.39 is 0 Å². The van der Waals surface area contributed by atoms with Crippen molar-refractivity contribution in [1.29, 1.82) is 0 Å². The molecule has 0 aliphatic carbocycles. The van der Waals surface area contributed by atoms with E-state index in [0.29, 0.717) is 22.4 Å². The highest BCUT2D eigenvalue weighted by molar-refractivity contribution is 7.80. The van der Waals surface area contributed by atoms with Gasteiger partial charge in [-0.1, -0.05) is 17.7 Å². The Kier molecular flexibility index (Phi) is 6.70. The molecule has 0 unspecified atom stereocenters. The smallest absolute Gasteiger partial charge is 0.203 e. The van der Waals surface area contributed by atoms with Crippen molar-refractivity contribution in [3.8, 4) is 17.2 Å². The van der Waals surface area contributed by atoms with Crippen molar-refractivity contribution in [2.24, 2.45) is 0 Å². The van der Waals surface area contributed by atoms with E-state index in [2.05, 4.69) is 21.2 Å². The molecule has 6 nitrogen and oxygen atoms in total. The fourth-order valence-corrected chi connectivity index (χ4v) is 3.68. The van der Waals surface area contributed by atoms with Gasteiger partial charge >= 0.3 is 0 Å². The summed E-state index contributed by atoms with van der Waals surface area (Å²) in [6, 6.07) is 11.6. The van der Waals surface area contributed by atoms with E-state index in [4.69, 9.17) is 38.0 Å². The van der Waals surface area contributed by atoms with Crippen LogP contribution in [0, 0.1) is 0 Å². The second kappa shape index (κ2) is 9.21. The molecule has 0 aromatic heterocycles. The molecule has 0 atom stereocenters. The van der Waals surface area contributed by atoms with Gasteiger partial charge < -0.3 is 29.3 Å². The maximum Gasteiger partial charge on any atom is 0.203 e.